The average Bonchev–Trinajstić information content (AvgIpc) is 3.32. The zero-order valence-corrected chi connectivity index (χ0v) is 14.1. The Morgan fingerprint density at radius 2 is 1.88 bits per heavy atom. The second kappa shape index (κ2) is 8.91. The van der Waals surface area contributed by atoms with Gasteiger partial charge in [-0.25, -0.2) is 0 Å². The van der Waals surface area contributed by atoms with Crippen LogP contribution in [0.25, 0.3) is 0 Å². The monoisotopic (exact) mass is 342 g/mol. The second-order valence-electron chi connectivity index (χ2n) is 6.08. The van der Waals surface area contributed by atoms with E-state index in [0.29, 0.717) is 12.0 Å². The van der Waals surface area contributed by atoms with Gasteiger partial charge in [-0.3, -0.25) is 14.4 Å². The van der Waals surface area contributed by atoms with Gasteiger partial charge in [0.15, 0.2) is 11.4 Å². The third-order valence-electron chi connectivity index (χ3n) is 3.69. The number of rotatable bonds is 11. The Bertz CT molecular complexity index is 501. The lowest BCUT2D eigenvalue weighted by molar-refractivity contribution is -0.134. The predicted octanol–water partition coefficient (Wildman–Crippen LogP) is -0.955. The van der Waals surface area contributed by atoms with Crippen LogP contribution in [-0.4, -0.2) is 65.3 Å². The highest BCUT2D eigenvalue weighted by atomic mass is 16.6. The SMILES string of the molecule is C=C(C)C[C@H](NC(=O)[C@H](CO)NC(=O)CCC)C(=O)[C@]1(CO)CO1. The molecule has 8 nitrogen and oxygen atoms in total. The van der Waals surface area contributed by atoms with E-state index in [0.717, 1.165) is 0 Å². The lowest BCUT2D eigenvalue weighted by Gasteiger charge is -2.23. The molecular weight excluding hydrogens is 316 g/mol. The summed E-state index contributed by atoms with van der Waals surface area (Å²) in [6.07, 6.45) is 1.02. The molecule has 0 spiro atoms. The van der Waals surface area contributed by atoms with Crippen LogP contribution < -0.4 is 10.6 Å². The van der Waals surface area contributed by atoms with E-state index in [1.807, 2.05) is 6.92 Å². The van der Waals surface area contributed by atoms with E-state index in [9.17, 15) is 24.6 Å². The number of carbonyl (C=O) groups is 3. The number of carbonyl (C=O) groups excluding carboxylic acids is 3. The van der Waals surface area contributed by atoms with Gasteiger partial charge in [-0.15, -0.1) is 6.58 Å². The molecule has 0 aromatic heterocycles. The van der Waals surface area contributed by atoms with Crippen LogP contribution in [0.2, 0.25) is 0 Å². The van der Waals surface area contributed by atoms with Gasteiger partial charge in [-0.05, 0) is 19.8 Å². The minimum absolute atomic E-state index is 0.0988. The smallest absolute Gasteiger partial charge is 0.245 e. The van der Waals surface area contributed by atoms with Crippen molar-refractivity contribution in [3.8, 4) is 0 Å². The fourth-order valence-electron chi connectivity index (χ4n) is 2.23. The summed E-state index contributed by atoms with van der Waals surface area (Å²) in [5, 5.41) is 23.6. The minimum Gasteiger partial charge on any atom is -0.394 e. The van der Waals surface area contributed by atoms with Crippen LogP contribution in [0.5, 0.6) is 0 Å². The number of aliphatic hydroxyl groups is 2. The number of aliphatic hydroxyl groups excluding tert-OH is 2. The molecule has 136 valence electrons. The molecule has 1 aliphatic rings. The number of epoxide rings is 1. The summed E-state index contributed by atoms with van der Waals surface area (Å²) in [5.41, 5.74) is -0.605. The molecule has 1 saturated heterocycles. The van der Waals surface area contributed by atoms with Crippen LogP contribution in [-0.2, 0) is 19.1 Å². The van der Waals surface area contributed by atoms with Crippen LogP contribution in [0.1, 0.15) is 33.1 Å². The highest BCUT2D eigenvalue weighted by Gasteiger charge is 2.54. The summed E-state index contributed by atoms with van der Waals surface area (Å²) in [7, 11) is 0. The van der Waals surface area contributed by atoms with Crippen molar-refractivity contribution >= 4 is 17.6 Å². The standard InChI is InChI=1S/C16H26N2O6/c1-4-5-13(21)17-12(7-19)15(23)18-11(6-10(2)3)14(22)16(8-20)9-24-16/h11-12,19-20H,2,4-9H2,1,3H3,(H,17,21)(H,18,23)/t11-,12-,16-/m0/s1. The number of nitrogens with one attached hydrogen (secondary N) is 2. The van der Waals surface area contributed by atoms with E-state index in [2.05, 4.69) is 17.2 Å². The number of ether oxygens (including phenoxy) is 1. The first-order valence-electron chi connectivity index (χ1n) is 7.93. The number of ketones is 1. The second-order valence-corrected chi connectivity index (χ2v) is 6.08. The summed E-state index contributed by atoms with van der Waals surface area (Å²) < 4.78 is 5.03. The van der Waals surface area contributed by atoms with Crippen LogP contribution in [0.3, 0.4) is 0 Å². The fraction of sp³-hybridized carbons (Fsp3) is 0.688. The molecule has 0 aromatic carbocycles. The Morgan fingerprint density at radius 1 is 1.25 bits per heavy atom. The zero-order valence-electron chi connectivity index (χ0n) is 14.1. The Labute approximate surface area is 141 Å². The van der Waals surface area contributed by atoms with Gasteiger partial charge in [0.25, 0.3) is 0 Å². The van der Waals surface area contributed by atoms with Crippen LogP contribution in [0.15, 0.2) is 12.2 Å². The van der Waals surface area contributed by atoms with Gasteiger partial charge < -0.3 is 25.6 Å². The normalized spacial score (nSPS) is 21.5. The van der Waals surface area contributed by atoms with Crippen molar-refractivity contribution in [3.05, 3.63) is 12.2 Å². The molecule has 0 unspecified atom stereocenters. The Morgan fingerprint density at radius 3 is 2.29 bits per heavy atom. The van der Waals surface area contributed by atoms with E-state index in [-0.39, 0.29) is 25.4 Å². The van der Waals surface area contributed by atoms with Crippen molar-refractivity contribution < 1.29 is 29.3 Å². The molecule has 1 heterocycles. The maximum absolute atomic E-state index is 12.5. The molecule has 0 aromatic rings. The molecule has 3 atom stereocenters. The fourth-order valence-corrected chi connectivity index (χ4v) is 2.23. The summed E-state index contributed by atoms with van der Waals surface area (Å²) in [6.45, 7) is 6.30. The Balaban J connectivity index is 2.77. The minimum atomic E-state index is -1.27. The maximum Gasteiger partial charge on any atom is 0.245 e. The van der Waals surface area contributed by atoms with E-state index < -0.39 is 42.6 Å². The average molecular weight is 342 g/mol. The van der Waals surface area contributed by atoms with Gasteiger partial charge in [-0.2, -0.15) is 0 Å². The highest BCUT2D eigenvalue weighted by Crippen LogP contribution is 2.29. The van der Waals surface area contributed by atoms with Crippen molar-refractivity contribution in [2.24, 2.45) is 0 Å². The molecule has 0 bridgehead atoms. The number of amides is 2. The molecular formula is C16H26N2O6. The van der Waals surface area contributed by atoms with E-state index in [1.165, 1.54) is 0 Å². The molecule has 0 radical (unpaired) electrons. The predicted molar refractivity (Wildman–Crippen MR) is 86.1 cm³/mol. The molecule has 1 rings (SSSR count). The van der Waals surface area contributed by atoms with Crippen LogP contribution in [0, 0.1) is 0 Å². The summed E-state index contributed by atoms with van der Waals surface area (Å²) in [6, 6.07) is -2.09. The van der Waals surface area contributed by atoms with Gasteiger partial charge in [0.1, 0.15) is 6.04 Å². The third-order valence-corrected chi connectivity index (χ3v) is 3.69. The summed E-state index contributed by atoms with van der Waals surface area (Å²) >= 11 is 0. The topological polar surface area (TPSA) is 128 Å². The molecule has 8 heteroatoms. The first kappa shape index (κ1) is 20.3. The Hall–Kier alpha value is -1.77. The third kappa shape index (κ3) is 5.40. The van der Waals surface area contributed by atoms with E-state index >= 15 is 0 Å². The first-order valence-corrected chi connectivity index (χ1v) is 7.93. The van der Waals surface area contributed by atoms with E-state index in [4.69, 9.17) is 4.74 Å². The van der Waals surface area contributed by atoms with Gasteiger partial charge in [0.2, 0.25) is 11.8 Å². The summed E-state index contributed by atoms with van der Waals surface area (Å²) in [4.78, 5) is 36.3. The van der Waals surface area contributed by atoms with Crippen molar-refractivity contribution in [2.75, 3.05) is 19.8 Å². The van der Waals surface area contributed by atoms with Crippen LogP contribution >= 0.6 is 0 Å². The largest absolute Gasteiger partial charge is 0.394 e. The van der Waals surface area contributed by atoms with Crippen molar-refractivity contribution in [1.29, 1.82) is 0 Å². The van der Waals surface area contributed by atoms with Gasteiger partial charge in [0, 0.05) is 6.42 Å². The van der Waals surface area contributed by atoms with Crippen molar-refractivity contribution in [3.63, 3.8) is 0 Å². The lowest BCUT2D eigenvalue weighted by Crippen LogP contribution is -2.55. The van der Waals surface area contributed by atoms with E-state index in [1.54, 1.807) is 6.92 Å². The molecule has 0 saturated carbocycles. The molecule has 4 N–H and O–H groups in total. The number of Topliss-reactive ketones (excluding diaryl/α,β-unsaturated/α-hetero) is 1. The Kier molecular flexibility index (Phi) is 7.53. The molecule has 1 aliphatic heterocycles. The molecule has 24 heavy (non-hydrogen) atoms. The zero-order chi connectivity index (χ0) is 18.3. The quantitative estimate of drug-likeness (QED) is 0.283. The van der Waals surface area contributed by atoms with Crippen molar-refractivity contribution in [1.82, 2.24) is 10.6 Å². The first-order chi connectivity index (χ1) is 11.3. The lowest BCUT2D eigenvalue weighted by atomic mass is 9.94. The van der Waals surface area contributed by atoms with Gasteiger partial charge >= 0.3 is 0 Å². The highest BCUT2D eigenvalue weighted by molar-refractivity contribution is 5.98. The number of hydrogen-bond acceptors (Lipinski definition) is 6. The molecule has 1 fully saturated rings. The molecule has 2 amide bonds. The van der Waals surface area contributed by atoms with Crippen LogP contribution in [0.4, 0.5) is 0 Å². The molecule has 0 aliphatic carbocycles. The van der Waals surface area contributed by atoms with Crippen molar-refractivity contribution in [2.45, 2.75) is 50.8 Å². The van der Waals surface area contributed by atoms with Gasteiger partial charge in [0.05, 0.1) is 25.9 Å². The summed E-state index contributed by atoms with van der Waals surface area (Å²) in [5.74, 6) is -1.47. The number of hydrogen-bond donors (Lipinski definition) is 4. The van der Waals surface area contributed by atoms with Gasteiger partial charge in [-0.1, -0.05) is 12.5 Å². The maximum atomic E-state index is 12.5.